The van der Waals surface area contributed by atoms with Crippen molar-refractivity contribution in [3.05, 3.63) is 35.9 Å². The highest BCUT2D eigenvalue weighted by Crippen LogP contribution is 2.22. The number of thioether (sulfide) groups is 1. The molecule has 2 heteroatoms. The van der Waals surface area contributed by atoms with Gasteiger partial charge in [0, 0.05) is 5.75 Å². The SMILES string of the molecule is CC(C)C[C@@H](C#N)SCc1ccccc1. The largest absolute Gasteiger partial charge is 0.197 e. The summed E-state index contributed by atoms with van der Waals surface area (Å²) in [6.45, 7) is 4.32. The summed E-state index contributed by atoms with van der Waals surface area (Å²) in [5.41, 5.74) is 1.30. The van der Waals surface area contributed by atoms with Crippen LogP contribution in [0.3, 0.4) is 0 Å². The third-order valence-corrected chi connectivity index (χ3v) is 3.32. The lowest BCUT2D eigenvalue weighted by molar-refractivity contribution is 0.604. The van der Waals surface area contributed by atoms with Gasteiger partial charge in [-0.15, -0.1) is 11.8 Å². The zero-order valence-corrected chi connectivity index (χ0v) is 10.1. The molecule has 15 heavy (non-hydrogen) atoms. The number of nitriles is 1. The van der Waals surface area contributed by atoms with Crippen molar-refractivity contribution in [2.75, 3.05) is 0 Å². The van der Waals surface area contributed by atoms with E-state index in [1.54, 1.807) is 11.8 Å². The molecule has 0 amide bonds. The van der Waals surface area contributed by atoms with E-state index in [4.69, 9.17) is 5.26 Å². The number of benzene rings is 1. The summed E-state index contributed by atoms with van der Waals surface area (Å²) in [5.74, 6) is 1.53. The molecular weight excluding hydrogens is 202 g/mol. The quantitative estimate of drug-likeness (QED) is 0.751. The first-order chi connectivity index (χ1) is 7.22. The van der Waals surface area contributed by atoms with Crippen molar-refractivity contribution in [1.29, 1.82) is 5.26 Å². The molecule has 80 valence electrons. The van der Waals surface area contributed by atoms with E-state index in [0.29, 0.717) is 5.92 Å². The summed E-state index contributed by atoms with van der Waals surface area (Å²) in [6, 6.07) is 12.7. The Morgan fingerprint density at radius 1 is 1.27 bits per heavy atom. The normalized spacial score (nSPS) is 12.4. The fraction of sp³-hybridized carbons (Fsp3) is 0.462. The first-order valence-electron chi connectivity index (χ1n) is 5.27. The first kappa shape index (κ1) is 12.1. The molecule has 0 saturated carbocycles. The van der Waals surface area contributed by atoms with Crippen molar-refractivity contribution < 1.29 is 0 Å². The molecule has 0 radical (unpaired) electrons. The third kappa shape index (κ3) is 4.90. The smallest absolute Gasteiger partial charge is 0.0922 e. The van der Waals surface area contributed by atoms with Crippen LogP contribution in [0.5, 0.6) is 0 Å². The Hall–Kier alpha value is -0.940. The standard InChI is InChI=1S/C13H17NS/c1-11(2)8-13(9-14)15-10-12-6-4-3-5-7-12/h3-7,11,13H,8,10H2,1-2H3/t13-/m0/s1. The Kier molecular flexibility index (Phi) is 5.28. The van der Waals surface area contributed by atoms with Crippen LogP contribution in [0.1, 0.15) is 25.8 Å². The molecule has 0 aliphatic carbocycles. The summed E-state index contributed by atoms with van der Waals surface area (Å²) in [5, 5.41) is 9.11. The summed E-state index contributed by atoms with van der Waals surface area (Å²) >= 11 is 1.74. The maximum atomic E-state index is 8.98. The number of rotatable bonds is 5. The number of hydrogen-bond donors (Lipinski definition) is 0. The van der Waals surface area contributed by atoms with Gasteiger partial charge in [0.15, 0.2) is 0 Å². The van der Waals surface area contributed by atoms with Crippen LogP contribution >= 0.6 is 11.8 Å². The Bertz CT molecular complexity index is 313. The number of nitrogens with zero attached hydrogens (tertiary/aromatic N) is 1. The zero-order valence-electron chi connectivity index (χ0n) is 9.31. The fourth-order valence-electron chi connectivity index (χ4n) is 1.36. The molecule has 0 aliphatic heterocycles. The van der Waals surface area contributed by atoms with Crippen LogP contribution in [0.25, 0.3) is 0 Å². The van der Waals surface area contributed by atoms with Crippen LogP contribution in [0.2, 0.25) is 0 Å². The molecule has 0 spiro atoms. The van der Waals surface area contributed by atoms with Gasteiger partial charge < -0.3 is 0 Å². The summed E-state index contributed by atoms with van der Waals surface area (Å²) in [7, 11) is 0. The Morgan fingerprint density at radius 2 is 1.93 bits per heavy atom. The second-order valence-corrected chi connectivity index (χ2v) is 5.23. The van der Waals surface area contributed by atoms with E-state index in [2.05, 4.69) is 32.0 Å². The maximum absolute atomic E-state index is 8.98. The van der Waals surface area contributed by atoms with E-state index in [9.17, 15) is 0 Å². The summed E-state index contributed by atoms with van der Waals surface area (Å²) in [6.07, 6.45) is 0.980. The molecule has 1 atom stereocenters. The first-order valence-corrected chi connectivity index (χ1v) is 6.32. The van der Waals surface area contributed by atoms with Crippen LogP contribution < -0.4 is 0 Å². The average Bonchev–Trinajstić information content (AvgIpc) is 2.25. The molecule has 0 bridgehead atoms. The van der Waals surface area contributed by atoms with Gasteiger partial charge in [-0.2, -0.15) is 5.26 Å². The minimum absolute atomic E-state index is 0.130. The maximum Gasteiger partial charge on any atom is 0.0922 e. The van der Waals surface area contributed by atoms with E-state index in [-0.39, 0.29) is 5.25 Å². The predicted molar refractivity (Wildman–Crippen MR) is 66.6 cm³/mol. The summed E-state index contributed by atoms with van der Waals surface area (Å²) < 4.78 is 0. The second kappa shape index (κ2) is 6.53. The van der Waals surface area contributed by atoms with Gasteiger partial charge >= 0.3 is 0 Å². The minimum atomic E-state index is 0.130. The van der Waals surface area contributed by atoms with Crippen molar-refractivity contribution in [1.82, 2.24) is 0 Å². The molecule has 0 N–H and O–H groups in total. The molecule has 1 aromatic carbocycles. The minimum Gasteiger partial charge on any atom is -0.197 e. The lowest BCUT2D eigenvalue weighted by Gasteiger charge is -2.10. The highest BCUT2D eigenvalue weighted by Gasteiger charge is 2.09. The van der Waals surface area contributed by atoms with Crippen molar-refractivity contribution >= 4 is 11.8 Å². The average molecular weight is 219 g/mol. The van der Waals surface area contributed by atoms with E-state index < -0.39 is 0 Å². The molecule has 0 heterocycles. The van der Waals surface area contributed by atoms with E-state index in [1.807, 2.05) is 18.2 Å². The van der Waals surface area contributed by atoms with Crippen LogP contribution in [0, 0.1) is 17.2 Å². The van der Waals surface area contributed by atoms with Crippen molar-refractivity contribution in [3.63, 3.8) is 0 Å². The third-order valence-electron chi connectivity index (χ3n) is 2.12. The van der Waals surface area contributed by atoms with Crippen molar-refractivity contribution in [2.24, 2.45) is 5.92 Å². The molecule has 0 aromatic heterocycles. The molecule has 0 fully saturated rings. The highest BCUT2D eigenvalue weighted by molar-refractivity contribution is 7.99. The van der Waals surface area contributed by atoms with Crippen molar-refractivity contribution in [3.8, 4) is 6.07 Å². The molecule has 0 aliphatic rings. The van der Waals surface area contributed by atoms with Gasteiger partial charge in [-0.1, -0.05) is 44.2 Å². The van der Waals surface area contributed by atoms with Gasteiger partial charge in [0.2, 0.25) is 0 Å². The topological polar surface area (TPSA) is 23.8 Å². The monoisotopic (exact) mass is 219 g/mol. The molecular formula is C13H17NS. The molecule has 0 unspecified atom stereocenters. The van der Waals surface area contributed by atoms with Gasteiger partial charge in [0.1, 0.15) is 0 Å². The van der Waals surface area contributed by atoms with Crippen LogP contribution in [0.15, 0.2) is 30.3 Å². The Labute approximate surface area is 96.5 Å². The highest BCUT2D eigenvalue weighted by atomic mass is 32.2. The fourth-order valence-corrected chi connectivity index (χ4v) is 2.54. The Morgan fingerprint density at radius 3 is 2.47 bits per heavy atom. The van der Waals surface area contributed by atoms with Gasteiger partial charge in [0.05, 0.1) is 11.3 Å². The lowest BCUT2D eigenvalue weighted by Crippen LogP contribution is -2.04. The van der Waals surface area contributed by atoms with Crippen LogP contribution in [-0.4, -0.2) is 5.25 Å². The van der Waals surface area contributed by atoms with E-state index >= 15 is 0 Å². The van der Waals surface area contributed by atoms with E-state index in [1.165, 1.54) is 5.56 Å². The molecule has 1 aromatic rings. The summed E-state index contributed by atoms with van der Waals surface area (Å²) in [4.78, 5) is 0. The molecule has 0 saturated heterocycles. The van der Waals surface area contributed by atoms with Gasteiger partial charge in [-0.05, 0) is 17.9 Å². The number of hydrogen-bond acceptors (Lipinski definition) is 2. The van der Waals surface area contributed by atoms with E-state index in [0.717, 1.165) is 12.2 Å². The predicted octanol–water partition coefficient (Wildman–Crippen LogP) is 3.86. The van der Waals surface area contributed by atoms with Gasteiger partial charge in [-0.3, -0.25) is 0 Å². The van der Waals surface area contributed by atoms with Crippen LogP contribution in [0.4, 0.5) is 0 Å². The molecule has 1 rings (SSSR count). The van der Waals surface area contributed by atoms with Gasteiger partial charge in [0.25, 0.3) is 0 Å². The Balaban J connectivity index is 2.39. The molecule has 1 nitrogen and oxygen atoms in total. The van der Waals surface area contributed by atoms with Crippen molar-refractivity contribution in [2.45, 2.75) is 31.3 Å². The lowest BCUT2D eigenvalue weighted by atomic mass is 10.1. The second-order valence-electron chi connectivity index (χ2n) is 4.04. The zero-order chi connectivity index (χ0) is 11.1. The van der Waals surface area contributed by atoms with Crippen LogP contribution in [-0.2, 0) is 5.75 Å². The van der Waals surface area contributed by atoms with Gasteiger partial charge in [-0.25, -0.2) is 0 Å².